The van der Waals surface area contributed by atoms with Gasteiger partial charge in [0.2, 0.25) is 0 Å². The lowest BCUT2D eigenvalue weighted by Gasteiger charge is -2.20. The quantitative estimate of drug-likeness (QED) is 0.640. The van der Waals surface area contributed by atoms with Crippen LogP contribution >= 0.6 is 0 Å². The van der Waals surface area contributed by atoms with Gasteiger partial charge in [-0.25, -0.2) is 0 Å². The molecule has 2 heteroatoms. The van der Waals surface area contributed by atoms with Crippen LogP contribution in [0.2, 0.25) is 0 Å². The van der Waals surface area contributed by atoms with Crippen molar-refractivity contribution in [1.82, 2.24) is 0 Å². The van der Waals surface area contributed by atoms with Gasteiger partial charge in [-0.1, -0.05) is 18.2 Å². The van der Waals surface area contributed by atoms with E-state index in [0.717, 1.165) is 5.57 Å². The van der Waals surface area contributed by atoms with Crippen molar-refractivity contribution in [2.75, 3.05) is 0 Å². The number of rotatable bonds is 1. The first kappa shape index (κ1) is 9.02. The number of allylic oxidation sites excluding steroid dienone is 2. The lowest BCUT2D eigenvalue weighted by Crippen LogP contribution is -2.14. The van der Waals surface area contributed by atoms with E-state index in [1.54, 1.807) is 6.08 Å². The molecule has 0 aromatic carbocycles. The van der Waals surface area contributed by atoms with Crippen LogP contribution in [0.5, 0.6) is 0 Å². The lowest BCUT2D eigenvalue weighted by molar-refractivity contribution is 0.224. The van der Waals surface area contributed by atoms with Gasteiger partial charge in [0.1, 0.15) is 0 Å². The summed E-state index contributed by atoms with van der Waals surface area (Å²) in [6.45, 7) is 3.75. The maximum atomic E-state index is 9.15. The van der Waals surface area contributed by atoms with Gasteiger partial charge in [0.05, 0.1) is 17.6 Å². The molecule has 1 N–H and O–H groups in total. The molecule has 0 aromatic rings. The Hall–Kier alpha value is -1.07. The molecule has 0 spiro atoms. The highest BCUT2D eigenvalue weighted by molar-refractivity contribution is 5.34. The summed E-state index contributed by atoms with van der Waals surface area (Å²) in [5.74, 6) is 0. The van der Waals surface area contributed by atoms with E-state index in [9.17, 15) is 0 Å². The van der Waals surface area contributed by atoms with Crippen LogP contribution in [0.4, 0.5) is 0 Å². The van der Waals surface area contributed by atoms with E-state index >= 15 is 0 Å². The van der Waals surface area contributed by atoms with E-state index in [1.165, 1.54) is 0 Å². The molecule has 0 heterocycles. The molecule has 64 valence electrons. The summed E-state index contributed by atoms with van der Waals surface area (Å²) in [5, 5.41) is 18.0. The second kappa shape index (κ2) is 3.12. The van der Waals surface area contributed by atoms with Crippen LogP contribution in [0.1, 0.15) is 20.3 Å². The first-order valence-electron chi connectivity index (χ1n) is 4.04. The Bertz CT molecular complexity index is 268. The van der Waals surface area contributed by atoms with Gasteiger partial charge in [0, 0.05) is 0 Å². The van der Waals surface area contributed by atoms with Crippen LogP contribution in [-0.2, 0) is 0 Å². The molecule has 0 bridgehead atoms. The van der Waals surface area contributed by atoms with Gasteiger partial charge in [-0.2, -0.15) is 5.26 Å². The SMILES string of the molecule is CC(C)(C#N)C1=CCC(O)C=C1. The van der Waals surface area contributed by atoms with Crippen molar-refractivity contribution in [3.05, 3.63) is 23.8 Å². The van der Waals surface area contributed by atoms with Gasteiger partial charge in [-0.15, -0.1) is 0 Å². The molecule has 0 saturated carbocycles. The molecule has 0 saturated heterocycles. The first-order chi connectivity index (χ1) is 5.56. The van der Waals surface area contributed by atoms with E-state index in [-0.39, 0.29) is 6.10 Å². The number of aliphatic hydroxyl groups excluding tert-OH is 1. The molecule has 0 fully saturated rings. The van der Waals surface area contributed by atoms with Gasteiger partial charge >= 0.3 is 0 Å². The van der Waals surface area contributed by atoms with E-state index in [4.69, 9.17) is 10.4 Å². The third-order valence-electron chi connectivity index (χ3n) is 2.08. The van der Waals surface area contributed by atoms with E-state index in [0.29, 0.717) is 6.42 Å². The van der Waals surface area contributed by atoms with Crippen LogP contribution in [-0.4, -0.2) is 11.2 Å². The van der Waals surface area contributed by atoms with Crippen LogP contribution in [0.3, 0.4) is 0 Å². The highest BCUT2D eigenvalue weighted by atomic mass is 16.3. The molecule has 0 aliphatic heterocycles. The zero-order chi connectivity index (χ0) is 9.19. The number of hydrogen-bond acceptors (Lipinski definition) is 2. The summed E-state index contributed by atoms with van der Waals surface area (Å²) in [5.41, 5.74) is 0.562. The van der Waals surface area contributed by atoms with Crippen LogP contribution in [0.15, 0.2) is 23.8 Å². The summed E-state index contributed by atoms with van der Waals surface area (Å²) >= 11 is 0. The van der Waals surface area contributed by atoms with Crippen molar-refractivity contribution in [2.45, 2.75) is 26.4 Å². The predicted octanol–water partition coefficient (Wildman–Crippen LogP) is 1.78. The smallest absolute Gasteiger partial charge is 0.0763 e. The minimum Gasteiger partial charge on any atom is -0.389 e. The van der Waals surface area contributed by atoms with Crippen LogP contribution in [0, 0.1) is 16.7 Å². The summed E-state index contributed by atoms with van der Waals surface area (Å²) in [6, 6.07) is 2.22. The zero-order valence-corrected chi connectivity index (χ0v) is 7.41. The topological polar surface area (TPSA) is 44.0 Å². The second-order valence-electron chi connectivity index (χ2n) is 3.56. The molecule has 2 nitrogen and oxygen atoms in total. The Balaban J connectivity index is 2.81. The molecule has 1 aliphatic carbocycles. The maximum absolute atomic E-state index is 9.15. The standard InChI is InChI=1S/C10H13NO/c1-10(2,7-11)8-3-5-9(12)6-4-8/h3-5,9,12H,6H2,1-2H3. The fourth-order valence-electron chi connectivity index (χ4n) is 1.14. The van der Waals surface area contributed by atoms with Gasteiger partial charge in [0.25, 0.3) is 0 Å². The Morgan fingerprint density at radius 2 is 2.33 bits per heavy atom. The summed E-state index contributed by atoms with van der Waals surface area (Å²) in [7, 11) is 0. The molecule has 0 aromatic heterocycles. The molecule has 1 aliphatic rings. The van der Waals surface area contributed by atoms with Crippen molar-refractivity contribution in [2.24, 2.45) is 5.41 Å². The highest BCUT2D eigenvalue weighted by Gasteiger charge is 2.22. The van der Waals surface area contributed by atoms with Gasteiger partial charge < -0.3 is 5.11 Å². The fraction of sp³-hybridized carbons (Fsp3) is 0.500. The molecule has 12 heavy (non-hydrogen) atoms. The second-order valence-corrected chi connectivity index (χ2v) is 3.56. The largest absolute Gasteiger partial charge is 0.389 e. The normalized spacial score (nSPS) is 23.2. The van der Waals surface area contributed by atoms with Crippen LogP contribution in [0.25, 0.3) is 0 Å². The number of nitrogens with zero attached hydrogens (tertiary/aromatic N) is 1. The van der Waals surface area contributed by atoms with Crippen molar-refractivity contribution in [1.29, 1.82) is 5.26 Å². The molecular weight excluding hydrogens is 150 g/mol. The number of aliphatic hydroxyl groups is 1. The fourth-order valence-corrected chi connectivity index (χ4v) is 1.14. The third kappa shape index (κ3) is 1.75. The monoisotopic (exact) mass is 163 g/mol. The molecule has 0 radical (unpaired) electrons. The Kier molecular flexibility index (Phi) is 2.35. The molecule has 0 amide bonds. The van der Waals surface area contributed by atoms with Gasteiger partial charge in [-0.3, -0.25) is 0 Å². The lowest BCUT2D eigenvalue weighted by atomic mass is 9.83. The van der Waals surface area contributed by atoms with E-state index in [2.05, 4.69) is 6.07 Å². The van der Waals surface area contributed by atoms with Crippen molar-refractivity contribution in [3.8, 4) is 6.07 Å². The minimum absolute atomic E-state index is 0.372. The van der Waals surface area contributed by atoms with Crippen molar-refractivity contribution >= 4 is 0 Å². The van der Waals surface area contributed by atoms with Crippen molar-refractivity contribution < 1.29 is 5.11 Å². The molecule has 1 rings (SSSR count). The zero-order valence-electron chi connectivity index (χ0n) is 7.41. The van der Waals surface area contributed by atoms with Crippen LogP contribution < -0.4 is 0 Å². The van der Waals surface area contributed by atoms with E-state index < -0.39 is 5.41 Å². The average molecular weight is 163 g/mol. The Labute approximate surface area is 72.8 Å². The minimum atomic E-state index is -0.434. The third-order valence-corrected chi connectivity index (χ3v) is 2.08. The number of hydrogen-bond donors (Lipinski definition) is 1. The van der Waals surface area contributed by atoms with Gasteiger partial charge in [0.15, 0.2) is 0 Å². The average Bonchev–Trinajstić information content (AvgIpc) is 2.05. The Morgan fingerprint density at radius 1 is 1.67 bits per heavy atom. The van der Waals surface area contributed by atoms with Crippen molar-refractivity contribution in [3.63, 3.8) is 0 Å². The first-order valence-corrected chi connectivity index (χ1v) is 4.04. The molecule has 1 atom stereocenters. The highest BCUT2D eigenvalue weighted by Crippen LogP contribution is 2.29. The molecular formula is C10H13NO. The predicted molar refractivity (Wildman–Crippen MR) is 47.2 cm³/mol. The van der Waals surface area contributed by atoms with E-state index in [1.807, 2.05) is 26.0 Å². The summed E-state index contributed by atoms with van der Waals surface area (Å²) < 4.78 is 0. The Morgan fingerprint density at radius 3 is 2.75 bits per heavy atom. The summed E-state index contributed by atoms with van der Waals surface area (Å²) in [4.78, 5) is 0. The van der Waals surface area contributed by atoms with Gasteiger partial charge in [-0.05, 0) is 25.8 Å². The maximum Gasteiger partial charge on any atom is 0.0763 e. The number of nitriles is 1. The molecule has 1 unspecified atom stereocenters. The summed E-state index contributed by atoms with van der Waals surface area (Å²) in [6.07, 6.45) is 5.74.